The lowest BCUT2D eigenvalue weighted by molar-refractivity contribution is 0.0430. The molecule has 3 rings (SSSR count). The number of aromatic nitrogens is 2. The zero-order valence-corrected chi connectivity index (χ0v) is 14.6. The molecule has 0 atom stereocenters. The number of ether oxygens (including phenoxy) is 3. The van der Waals surface area contributed by atoms with E-state index in [1.54, 1.807) is 43.5 Å². The molecule has 0 N–H and O–H groups in total. The van der Waals surface area contributed by atoms with E-state index in [-0.39, 0.29) is 18.1 Å². The third-order valence-corrected chi connectivity index (χ3v) is 3.66. The van der Waals surface area contributed by atoms with Crippen LogP contribution in [-0.2, 0) is 11.3 Å². The summed E-state index contributed by atoms with van der Waals surface area (Å²) < 4.78 is 20.7. The lowest BCUT2D eigenvalue weighted by atomic mass is 10.1. The average molecular weight is 365 g/mol. The van der Waals surface area contributed by atoms with Crippen molar-refractivity contribution in [3.05, 3.63) is 59.5 Å². The summed E-state index contributed by atoms with van der Waals surface area (Å²) in [5.41, 5.74) is 1.31. The molecule has 0 aliphatic carbocycles. The number of methoxy groups -OCH3 is 2. The topological polar surface area (TPSA) is 107 Å². The molecule has 8 heteroatoms. The predicted molar refractivity (Wildman–Crippen MR) is 93.1 cm³/mol. The van der Waals surface area contributed by atoms with E-state index >= 15 is 0 Å². The van der Waals surface area contributed by atoms with Crippen LogP contribution in [0.2, 0.25) is 0 Å². The summed E-state index contributed by atoms with van der Waals surface area (Å²) in [6.45, 7) is -0.185. The SMILES string of the molecule is COc1ccc(-c2noc(COC(=O)c3cccc(C#N)c3)n2)cc1OC. The number of hydrogen-bond donors (Lipinski definition) is 0. The van der Waals surface area contributed by atoms with Crippen LogP contribution in [-0.4, -0.2) is 30.3 Å². The van der Waals surface area contributed by atoms with Gasteiger partial charge in [-0.2, -0.15) is 10.2 Å². The first kappa shape index (κ1) is 17.9. The van der Waals surface area contributed by atoms with Crippen molar-refractivity contribution in [2.24, 2.45) is 0 Å². The van der Waals surface area contributed by atoms with E-state index in [0.29, 0.717) is 28.5 Å². The van der Waals surface area contributed by atoms with Crippen molar-refractivity contribution in [3.63, 3.8) is 0 Å². The minimum atomic E-state index is -0.585. The maximum absolute atomic E-state index is 12.1. The summed E-state index contributed by atoms with van der Waals surface area (Å²) in [4.78, 5) is 16.3. The maximum atomic E-state index is 12.1. The van der Waals surface area contributed by atoms with Crippen LogP contribution in [0, 0.1) is 11.3 Å². The van der Waals surface area contributed by atoms with E-state index in [1.807, 2.05) is 6.07 Å². The predicted octanol–water partition coefficient (Wildman–Crippen LogP) is 2.98. The fourth-order valence-corrected chi connectivity index (χ4v) is 2.33. The van der Waals surface area contributed by atoms with Crippen molar-refractivity contribution in [1.29, 1.82) is 5.26 Å². The Morgan fingerprint density at radius 3 is 2.70 bits per heavy atom. The summed E-state index contributed by atoms with van der Waals surface area (Å²) >= 11 is 0. The summed E-state index contributed by atoms with van der Waals surface area (Å²) in [6, 6.07) is 13.4. The third-order valence-electron chi connectivity index (χ3n) is 3.66. The first-order valence-electron chi connectivity index (χ1n) is 7.87. The lowest BCUT2D eigenvalue weighted by Gasteiger charge is -2.07. The van der Waals surface area contributed by atoms with Crippen LogP contribution < -0.4 is 9.47 Å². The molecule has 0 aliphatic heterocycles. The van der Waals surface area contributed by atoms with Crippen LogP contribution in [0.5, 0.6) is 11.5 Å². The standard InChI is InChI=1S/C19H15N3O5/c1-24-15-7-6-13(9-16(15)25-2)18-21-17(27-22-18)11-26-19(23)14-5-3-4-12(8-14)10-20/h3-9H,11H2,1-2H3. The van der Waals surface area contributed by atoms with E-state index in [4.69, 9.17) is 24.0 Å². The molecule has 0 aliphatic rings. The summed E-state index contributed by atoms with van der Waals surface area (Å²) in [5.74, 6) is 1.000. The highest BCUT2D eigenvalue weighted by atomic mass is 16.6. The van der Waals surface area contributed by atoms with E-state index in [9.17, 15) is 4.79 Å². The van der Waals surface area contributed by atoms with Gasteiger partial charge in [-0.15, -0.1) is 0 Å². The second kappa shape index (κ2) is 8.01. The Morgan fingerprint density at radius 1 is 1.15 bits per heavy atom. The van der Waals surface area contributed by atoms with Crippen LogP contribution >= 0.6 is 0 Å². The number of benzene rings is 2. The molecule has 0 fully saturated rings. The molecule has 2 aromatic carbocycles. The molecule has 8 nitrogen and oxygen atoms in total. The van der Waals surface area contributed by atoms with Gasteiger partial charge in [-0.25, -0.2) is 4.79 Å². The molecule has 0 amide bonds. The Labute approximate surface area is 154 Å². The Balaban J connectivity index is 1.69. The van der Waals surface area contributed by atoms with Gasteiger partial charge in [0.2, 0.25) is 5.82 Å². The highest BCUT2D eigenvalue weighted by Gasteiger charge is 2.14. The molecule has 27 heavy (non-hydrogen) atoms. The van der Waals surface area contributed by atoms with Gasteiger partial charge in [0.05, 0.1) is 31.4 Å². The summed E-state index contributed by atoms with van der Waals surface area (Å²) in [5, 5.41) is 12.8. The van der Waals surface area contributed by atoms with Crippen LogP contribution in [0.15, 0.2) is 47.0 Å². The number of nitrogens with zero attached hydrogens (tertiary/aromatic N) is 3. The Morgan fingerprint density at radius 2 is 1.96 bits per heavy atom. The normalized spacial score (nSPS) is 10.1. The first-order valence-corrected chi connectivity index (χ1v) is 7.87. The Bertz CT molecular complexity index is 1010. The monoisotopic (exact) mass is 365 g/mol. The van der Waals surface area contributed by atoms with Crippen molar-refractivity contribution in [1.82, 2.24) is 10.1 Å². The number of nitriles is 1. The molecule has 136 valence electrons. The molecule has 3 aromatic rings. The molecule has 0 spiro atoms. The van der Waals surface area contributed by atoms with Gasteiger partial charge in [0.15, 0.2) is 18.1 Å². The Hall–Kier alpha value is -3.86. The van der Waals surface area contributed by atoms with E-state index < -0.39 is 5.97 Å². The zero-order chi connectivity index (χ0) is 19.2. The van der Waals surface area contributed by atoms with Crippen molar-refractivity contribution in [3.8, 4) is 29.0 Å². The van der Waals surface area contributed by atoms with E-state index in [1.165, 1.54) is 13.2 Å². The number of hydrogen-bond acceptors (Lipinski definition) is 8. The number of rotatable bonds is 6. The molecule has 0 radical (unpaired) electrons. The number of carbonyl (C=O) groups is 1. The molecule has 0 saturated carbocycles. The van der Waals surface area contributed by atoms with Gasteiger partial charge in [0.1, 0.15) is 0 Å². The van der Waals surface area contributed by atoms with Gasteiger partial charge in [0, 0.05) is 5.56 Å². The van der Waals surface area contributed by atoms with Gasteiger partial charge in [-0.05, 0) is 36.4 Å². The van der Waals surface area contributed by atoms with Crippen LogP contribution in [0.4, 0.5) is 0 Å². The molecule has 1 aromatic heterocycles. The maximum Gasteiger partial charge on any atom is 0.338 e. The second-order valence-corrected chi connectivity index (χ2v) is 5.35. The fourth-order valence-electron chi connectivity index (χ4n) is 2.33. The molecule has 0 bridgehead atoms. The Kier molecular flexibility index (Phi) is 5.33. The summed E-state index contributed by atoms with van der Waals surface area (Å²) in [6.07, 6.45) is 0. The molecule has 0 unspecified atom stereocenters. The minimum absolute atomic E-state index is 0.143. The van der Waals surface area contributed by atoms with Crippen molar-refractivity contribution in [2.45, 2.75) is 6.61 Å². The van der Waals surface area contributed by atoms with Gasteiger partial charge in [-0.3, -0.25) is 0 Å². The van der Waals surface area contributed by atoms with Crippen LogP contribution in [0.25, 0.3) is 11.4 Å². The quantitative estimate of drug-likeness (QED) is 0.614. The molecular formula is C19H15N3O5. The van der Waals surface area contributed by atoms with Crippen molar-refractivity contribution >= 4 is 5.97 Å². The number of carbonyl (C=O) groups excluding carboxylic acids is 1. The van der Waals surface area contributed by atoms with Crippen molar-refractivity contribution in [2.75, 3.05) is 14.2 Å². The summed E-state index contributed by atoms with van der Waals surface area (Å²) in [7, 11) is 3.08. The lowest BCUT2D eigenvalue weighted by Crippen LogP contribution is -2.05. The van der Waals surface area contributed by atoms with Crippen LogP contribution in [0.1, 0.15) is 21.8 Å². The van der Waals surface area contributed by atoms with E-state index in [0.717, 1.165) is 0 Å². The van der Waals surface area contributed by atoms with Gasteiger partial charge >= 0.3 is 5.97 Å². The third kappa shape index (κ3) is 4.04. The number of esters is 1. The highest BCUT2D eigenvalue weighted by molar-refractivity contribution is 5.89. The van der Waals surface area contributed by atoms with Gasteiger partial charge in [0.25, 0.3) is 5.89 Å². The van der Waals surface area contributed by atoms with Gasteiger partial charge in [-0.1, -0.05) is 11.2 Å². The zero-order valence-electron chi connectivity index (χ0n) is 14.6. The molecule has 0 saturated heterocycles. The molecular weight excluding hydrogens is 350 g/mol. The van der Waals surface area contributed by atoms with Crippen molar-refractivity contribution < 1.29 is 23.5 Å². The smallest absolute Gasteiger partial charge is 0.338 e. The van der Waals surface area contributed by atoms with E-state index in [2.05, 4.69) is 10.1 Å². The van der Waals surface area contributed by atoms with Gasteiger partial charge < -0.3 is 18.7 Å². The first-order chi connectivity index (χ1) is 13.1. The molecule has 1 heterocycles. The van der Waals surface area contributed by atoms with Crippen LogP contribution in [0.3, 0.4) is 0 Å². The largest absolute Gasteiger partial charge is 0.493 e. The minimum Gasteiger partial charge on any atom is -0.493 e. The highest BCUT2D eigenvalue weighted by Crippen LogP contribution is 2.31. The average Bonchev–Trinajstić information content (AvgIpc) is 3.20. The fraction of sp³-hybridized carbons (Fsp3) is 0.158. The second-order valence-electron chi connectivity index (χ2n) is 5.35.